The van der Waals surface area contributed by atoms with Crippen LogP contribution < -0.4 is 5.32 Å². The minimum Gasteiger partial charge on any atom is -0.342 e. The highest BCUT2D eigenvalue weighted by Gasteiger charge is 2.17. The van der Waals surface area contributed by atoms with Crippen LogP contribution in [0, 0.1) is 17.0 Å². The number of non-ortho nitro benzene ring substituents is 1. The Balaban J connectivity index is 2.15. The summed E-state index contributed by atoms with van der Waals surface area (Å²) in [6, 6.07) is 3.78. The first kappa shape index (κ1) is 13.7. The van der Waals surface area contributed by atoms with Gasteiger partial charge in [0.25, 0.3) is 11.6 Å². The Kier molecular flexibility index (Phi) is 3.74. The summed E-state index contributed by atoms with van der Waals surface area (Å²) in [6.07, 6.45) is 1.36. The molecule has 0 saturated carbocycles. The van der Waals surface area contributed by atoms with Gasteiger partial charge in [0.05, 0.1) is 11.0 Å². The SMILES string of the molecule is Cc1cc([N+](=O)[O-])ccc1C(=O)NC(C)c1ncn[nH]1. The fourth-order valence-electron chi connectivity index (χ4n) is 1.78. The van der Waals surface area contributed by atoms with E-state index in [2.05, 4.69) is 20.5 Å². The molecule has 0 aliphatic heterocycles. The lowest BCUT2D eigenvalue weighted by molar-refractivity contribution is -0.384. The summed E-state index contributed by atoms with van der Waals surface area (Å²) in [5.41, 5.74) is 0.894. The topological polar surface area (TPSA) is 114 Å². The van der Waals surface area contributed by atoms with Crippen LogP contribution in [0.25, 0.3) is 0 Å². The molecule has 1 atom stereocenters. The molecule has 0 aliphatic rings. The quantitative estimate of drug-likeness (QED) is 0.648. The van der Waals surface area contributed by atoms with Crippen molar-refractivity contribution < 1.29 is 9.72 Å². The molecule has 1 heterocycles. The summed E-state index contributed by atoms with van der Waals surface area (Å²) in [7, 11) is 0. The average Bonchev–Trinajstić information content (AvgIpc) is 2.92. The van der Waals surface area contributed by atoms with Crippen molar-refractivity contribution in [2.45, 2.75) is 19.9 Å². The van der Waals surface area contributed by atoms with Crippen molar-refractivity contribution in [2.75, 3.05) is 0 Å². The highest BCUT2D eigenvalue weighted by Crippen LogP contribution is 2.18. The van der Waals surface area contributed by atoms with E-state index in [9.17, 15) is 14.9 Å². The molecule has 0 aliphatic carbocycles. The second-order valence-electron chi connectivity index (χ2n) is 4.32. The summed E-state index contributed by atoms with van der Waals surface area (Å²) >= 11 is 0. The lowest BCUT2D eigenvalue weighted by Gasteiger charge is -2.12. The lowest BCUT2D eigenvalue weighted by atomic mass is 10.1. The first-order valence-corrected chi connectivity index (χ1v) is 5.90. The Hall–Kier alpha value is -2.77. The summed E-state index contributed by atoms with van der Waals surface area (Å²) in [5.74, 6) is 0.221. The van der Waals surface area contributed by atoms with Crippen LogP contribution in [0.2, 0.25) is 0 Å². The molecular weight excluding hydrogens is 262 g/mol. The first-order chi connectivity index (χ1) is 9.49. The second kappa shape index (κ2) is 5.47. The second-order valence-corrected chi connectivity index (χ2v) is 4.32. The normalized spacial score (nSPS) is 11.9. The Labute approximate surface area is 114 Å². The Bertz CT molecular complexity index is 639. The van der Waals surface area contributed by atoms with Gasteiger partial charge in [-0.25, -0.2) is 4.98 Å². The standard InChI is InChI=1S/C12H13N5O3/c1-7-5-9(17(19)20)3-4-10(7)12(18)15-8(2)11-13-6-14-16-11/h3-6,8H,1-2H3,(H,15,18)(H,13,14,16). The van der Waals surface area contributed by atoms with Gasteiger partial charge in [0.15, 0.2) is 0 Å². The minimum absolute atomic E-state index is 0.0395. The molecule has 0 fully saturated rings. The van der Waals surface area contributed by atoms with E-state index in [1.165, 1.54) is 24.5 Å². The Morgan fingerprint density at radius 2 is 2.25 bits per heavy atom. The Morgan fingerprint density at radius 1 is 1.50 bits per heavy atom. The van der Waals surface area contributed by atoms with Gasteiger partial charge in [0.2, 0.25) is 0 Å². The van der Waals surface area contributed by atoms with Crippen LogP contribution >= 0.6 is 0 Å². The molecule has 2 rings (SSSR count). The van der Waals surface area contributed by atoms with E-state index >= 15 is 0 Å². The predicted octanol–water partition coefficient (Wildman–Crippen LogP) is 1.51. The van der Waals surface area contributed by atoms with Crippen molar-refractivity contribution >= 4 is 11.6 Å². The third kappa shape index (κ3) is 2.79. The maximum absolute atomic E-state index is 12.1. The van der Waals surface area contributed by atoms with Crippen LogP contribution in [0.4, 0.5) is 5.69 Å². The number of rotatable bonds is 4. The van der Waals surface area contributed by atoms with Gasteiger partial charge in [-0.2, -0.15) is 5.10 Å². The molecular formula is C12H13N5O3. The molecule has 2 N–H and O–H groups in total. The highest BCUT2D eigenvalue weighted by molar-refractivity contribution is 5.96. The van der Waals surface area contributed by atoms with Gasteiger partial charge in [0, 0.05) is 17.7 Å². The maximum Gasteiger partial charge on any atom is 0.269 e. The number of aromatic nitrogens is 3. The third-order valence-electron chi connectivity index (χ3n) is 2.86. The molecule has 0 spiro atoms. The summed E-state index contributed by atoms with van der Waals surface area (Å²) in [4.78, 5) is 26.2. The minimum atomic E-state index is -0.494. The van der Waals surface area contributed by atoms with Crippen molar-refractivity contribution in [3.8, 4) is 0 Å². The molecule has 0 saturated heterocycles. The van der Waals surface area contributed by atoms with E-state index in [1.807, 2.05) is 0 Å². The number of amides is 1. The van der Waals surface area contributed by atoms with E-state index in [0.717, 1.165) is 0 Å². The first-order valence-electron chi connectivity index (χ1n) is 5.90. The fourth-order valence-corrected chi connectivity index (χ4v) is 1.78. The molecule has 0 bridgehead atoms. The average molecular weight is 275 g/mol. The predicted molar refractivity (Wildman–Crippen MR) is 70.1 cm³/mol. The van der Waals surface area contributed by atoms with Gasteiger partial charge < -0.3 is 5.32 Å². The molecule has 20 heavy (non-hydrogen) atoms. The van der Waals surface area contributed by atoms with Crippen molar-refractivity contribution in [1.29, 1.82) is 0 Å². The zero-order chi connectivity index (χ0) is 14.7. The van der Waals surface area contributed by atoms with Crippen molar-refractivity contribution in [2.24, 2.45) is 0 Å². The number of benzene rings is 1. The lowest BCUT2D eigenvalue weighted by Crippen LogP contribution is -2.28. The van der Waals surface area contributed by atoms with Crippen LogP contribution in [-0.4, -0.2) is 26.0 Å². The maximum atomic E-state index is 12.1. The van der Waals surface area contributed by atoms with Gasteiger partial charge in [0.1, 0.15) is 12.2 Å². The molecule has 104 valence electrons. The zero-order valence-electron chi connectivity index (χ0n) is 11.0. The highest BCUT2D eigenvalue weighted by atomic mass is 16.6. The van der Waals surface area contributed by atoms with Gasteiger partial charge in [-0.15, -0.1) is 0 Å². The molecule has 0 radical (unpaired) electrons. The van der Waals surface area contributed by atoms with Crippen LogP contribution in [0.1, 0.15) is 34.7 Å². The van der Waals surface area contributed by atoms with Crippen molar-refractivity contribution in [3.05, 3.63) is 51.6 Å². The number of H-pyrrole nitrogens is 1. The van der Waals surface area contributed by atoms with E-state index in [0.29, 0.717) is 17.0 Å². The molecule has 1 unspecified atom stereocenters. The van der Waals surface area contributed by atoms with E-state index < -0.39 is 4.92 Å². The van der Waals surface area contributed by atoms with Crippen LogP contribution in [0.15, 0.2) is 24.5 Å². The van der Waals surface area contributed by atoms with E-state index in [4.69, 9.17) is 0 Å². The Morgan fingerprint density at radius 3 is 2.80 bits per heavy atom. The zero-order valence-corrected chi connectivity index (χ0v) is 11.0. The van der Waals surface area contributed by atoms with Gasteiger partial charge >= 0.3 is 0 Å². The molecule has 8 nitrogen and oxygen atoms in total. The summed E-state index contributed by atoms with van der Waals surface area (Å²) in [6.45, 7) is 3.42. The largest absolute Gasteiger partial charge is 0.342 e. The number of aryl methyl sites for hydroxylation is 1. The smallest absolute Gasteiger partial charge is 0.269 e. The third-order valence-corrected chi connectivity index (χ3v) is 2.86. The molecule has 1 aromatic heterocycles. The monoisotopic (exact) mass is 275 g/mol. The number of carbonyl (C=O) groups excluding carboxylic acids is 1. The number of nitro groups is 1. The van der Waals surface area contributed by atoms with Gasteiger partial charge in [-0.1, -0.05) is 0 Å². The van der Waals surface area contributed by atoms with Gasteiger partial charge in [-0.05, 0) is 25.5 Å². The van der Waals surface area contributed by atoms with Crippen molar-refractivity contribution in [3.63, 3.8) is 0 Å². The van der Waals surface area contributed by atoms with Gasteiger partial charge in [-0.3, -0.25) is 20.0 Å². The summed E-state index contributed by atoms with van der Waals surface area (Å²) < 4.78 is 0. The fraction of sp³-hybridized carbons (Fsp3) is 0.250. The van der Waals surface area contributed by atoms with E-state index in [1.54, 1.807) is 13.8 Å². The summed E-state index contributed by atoms with van der Waals surface area (Å²) in [5, 5.41) is 19.8. The van der Waals surface area contributed by atoms with Crippen molar-refractivity contribution in [1.82, 2.24) is 20.5 Å². The number of nitrogens with one attached hydrogen (secondary N) is 2. The molecule has 8 heteroatoms. The number of hydrogen-bond acceptors (Lipinski definition) is 5. The number of hydrogen-bond donors (Lipinski definition) is 2. The number of nitro benzene ring substituents is 1. The van der Waals surface area contributed by atoms with Crippen LogP contribution in [0.5, 0.6) is 0 Å². The van der Waals surface area contributed by atoms with Crippen LogP contribution in [-0.2, 0) is 0 Å². The molecule has 1 aromatic carbocycles. The van der Waals surface area contributed by atoms with Crippen LogP contribution in [0.3, 0.4) is 0 Å². The number of aromatic amines is 1. The molecule has 1 amide bonds. The molecule has 2 aromatic rings. The number of carbonyl (C=O) groups is 1. The number of nitrogens with zero attached hydrogens (tertiary/aromatic N) is 3. The van der Waals surface area contributed by atoms with E-state index in [-0.39, 0.29) is 17.6 Å².